The highest BCUT2D eigenvalue weighted by Gasteiger charge is 2.20. The Labute approximate surface area is 119 Å². The molecule has 0 heterocycles. The number of halogens is 1. The molecule has 0 aromatic heterocycles. The Morgan fingerprint density at radius 2 is 2.05 bits per heavy atom. The van der Waals surface area contributed by atoms with Crippen molar-refractivity contribution in [2.45, 2.75) is 32.8 Å². The van der Waals surface area contributed by atoms with Crippen molar-refractivity contribution in [3.05, 3.63) is 29.6 Å². The number of ether oxygens (including phenoxy) is 1. The van der Waals surface area contributed by atoms with Gasteiger partial charge in [-0.25, -0.2) is 4.39 Å². The van der Waals surface area contributed by atoms with E-state index in [1.165, 1.54) is 25.3 Å². The molecule has 1 amide bonds. The van der Waals surface area contributed by atoms with Crippen LogP contribution in [0.15, 0.2) is 18.2 Å². The van der Waals surface area contributed by atoms with Crippen LogP contribution in [0.25, 0.3) is 0 Å². The van der Waals surface area contributed by atoms with Crippen molar-refractivity contribution < 1.29 is 19.0 Å². The Morgan fingerprint density at radius 1 is 1.40 bits per heavy atom. The Morgan fingerprint density at radius 3 is 2.60 bits per heavy atom. The second-order valence-corrected chi connectivity index (χ2v) is 4.67. The van der Waals surface area contributed by atoms with Crippen molar-refractivity contribution in [2.75, 3.05) is 13.7 Å². The first-order valence-electron chi connectivity index (χ1n) is 6.83. The Hall–Kier alpha value is -1.62. The second-order valence-electron chi connectivity index (χ2n) is 4.67. The maximum Gasteiger partial charge on any atom is 0.258 e. The number of aliphatic hydroxyl groups is 1. The average Bonchev–Trinajstić information content (AvgIpc) is 2.45. The molecule has 0 aliphatic carbocycles. The average molecular weight is 283 g/mol. The van der Waals surface area contributed by atoms with Crippen LogP contribution in [0, 0.1) is 11.7 Å². The monoisotopic (exact) mass is 283 g/mol. The van der Waals surface area contributed by atoms with Gasteiger partial charge in [0.15, 0.2) is 0 Å². The fourth-order valence-corrected chi connectivity index (χ4v) is 2.18. The largest absolute Gasteiger partial charge is 0.496 e. The molecule has 0 bridgehead atoms. The fourth-order valence-electron chi connectivity index (χ4n) is 2.18. The van der Waals surface area contributed by atoms with Crippen molar-refractivity contribution in [1.82, 2.24) is 5.32 Å². The standard InChI is InChI=1S/C15H22FNO3/c1-4-10(5-2)12(18)9-17-15(19)14-11(16)7-6-8-13(14)20-3/h6-8,10,12,18H,4-5,9H2,1-3H3,(H,17,19). The number of hydrogen-bond donors (Lipinski definition) is 2. The first-order valence-corrected chi connectivity index (χ1v) is 6.83. The molecule has 0 spiro atoms. The van der Waals surface area contributed by atoms with Gasteiger partial charge in [0.25, 0.3) is 5.91 Å². The molecule has 5 heteroatoms. The number of amides is 1. The number of aliphatic hydroxyl groups excluding tert-OH is 1. The Balaban J connectivity index is 2.73. The highest BCUT2D eigenvalue weighted by Crippen LogP contribution is 2.21. The van der Waals surface area contributed by atoms with E-state index >= 15 is 0 Å². The van der Waals surface area contributed by atoms with E-state index in [1.807, 2.05) is 13.8 Å². The topological polar surface area (TPSA) is 58.6 Å². The van der Waals surface area contributed by atoms with Crippen molar-refractivity contribution in [3.63, 3.8) is 0 Å². The van der Waals surface area contributed by atoms with Crippen LogP contribution in [-0.2, 0) is 0 Å². The molecule has 112 valence electrons. The third kappa shape index (κ3) is 3.93. The van der Waals surface area contributed by atoms with Gasteiger partial charge in [-0.2, -0.15) is 0 Å². The smallest absolute Gasteiger partial charge is 0.258 e. The first-order chi connectivity index (χ1) is 9.54. The summed E-state index contributed by atoms with van der Waals surface area (Å²) in [6, 6.07) is 4.20. The highest BCUT2D eigenvalue weighted by atomic mass is 19.1. The van der Waals surface area contributed by atoms with Crippen molar-refractivity contribution >= 4 is 5.91 Å². The van der Waals surface area contributed by atoms with Gasteiger partial charge in [0.1, 0.15) is 17.1 Å². The first kappa shape index (κ1) is 16.4. The van der Waals surface area contributed by atoms with Crippen LogP contribution in [0.4, 0.5) is 4.39 Å². The van der Waals surface area contributed by atoms with Crippen molar-refractivity contribution in [1.29, 1.82) is 0 Å². The van der Waals surface area contributed by atoms with Gasteiger partial charge in [-0.3, -0.25) is 4.79 Å². The van der Waals surface area contributed by atoms with E-state index in [1.54, 1.807) is 0 Å². The molecule has 2 N–H and O–H groups in total. The lowest BCUT2D eigenvalue weighted by molar-refractivity contribution is 0.0811. The van der Waals surface area contributed by atoms with Crippen LogP contribution in [0.1, 0.15) is 37.0 Å². The summed E-state index contributed by atoms with van der Waals surface area (Å²) in [5.74, 6) is -0.916. The molecule has 1 aromatic rings. The van der Waals surface area contributed by atoms with Crippen molar-refractivity contribution in [2.24, 2.45) is 5.92 Å². The molecular weight excluding hydrogens is 261 g/mol. The number of nitrogens with one attached hydrogen (secondary N) is 1. The summed E-state index contributed by atoms with van der Waals surface area (Å²) >= 11 is 0. The Kier molecular flexibility index (Phi) is 6.45. The van der Waals surface area contributed by atoms with Crippen LogP contribution >= 0.6 is 0 Å². The number of rotatable bonds is 7. The summed E-state index contributed by atoms with van der Waals surface area (Å²) in [7, 11) is 1.38. The van der Waals surface area contributed by atoms with Crippen LogP contribution < -0.4 is 10.1 Å². The van der Waals surface area contributed by atoms with Gasteiger partial charge in [0.05, 0.1) is 13.2 Å². The second kappa shape index (κ2) is 7.85. The molecule has 0 aliphatic rings. The van der Waals surface area contributed by atoms with Gasteiger partial charge in [0, 0.05) is 6.54 Å². The molecule has 1 rings (SSSR count). The van der Waals surface area contributed by atoms with E-state index in [4.69, 9.17) is 4.74 Å². The summed E-state index contributed by atoms with van der Waals surface area (Å²) in [5, 5.41) is 12.5. The molecule has 1 aromatic carbocycles. The Bertz CT molecular complexity index is 447. The molecule has 0 aliphatic heterocycles. The molecule has 4 nitrogen and oxygen atoms in total. The van der Waals surface area contributed by atoms with Gasteiger partial charge in [-0.1, -0.05) is 32.8 Å². The molecule has 1 atom stereocenters. The molecule has 0 saturated heterocycles. The third-order valence-corrected chi connectivity index (χ3v) is 3.49. The zero-order valence-electron chi connectivity index (χ0n) is 12.1. The summed E-state index contributed by atoms with van der Waals surface area (Å²) in [6.07, 6.45) is 1.03. The van der Waals surface area contributed by atoms with Crippen LogP contribution in [0.2, 0.25) is 0 Å². The summed E-state index contributed by atoms with van der Waals surface area (Å²) in [5.41, 5.74) is -0.133. The minimum absolute atomic E-state index is 0.0999. The molecular formula is C15H22FNO3. The zero-order chi connectivity index (χ0) is 15.1. The van der Waals surface area contributed by atoms with Crippen LogP contribution in [-0.4, -0.2) is 30.8 Å². The maximum absolute atomic E-state index is 13.7. The lowest BCUT2D eigenvalue weighted by atomic mass is 9.96. The SMILES string of the molecule is CCC(CC)C(O)CNC(=O)c1c(F)cccc1OC. The van der Waals surface area contributed by atoms with Gasteiger partial charge < -0.3 is 15.2 Å². The van der Waals surface area contributed by atoms with E-state index in [-0.39, 0.29) is 23.8 Å². The fraction of sp³-hybridized carbons (Fsp3) is 0.533. The summed E-state index contributed by atoms with van der Waals surface area (Å²) < 4.78 is 18.7. The molecule has 20 heavy (non-hydrogen) atoms. The van der Waals surface area contributed by atoms with Gasteiger partial charge in [0.2, 0.25) is 0 Å². The van der Waals surface area contributed by atoms with E-state index in [0.717, 1.165) is 12.8 Å². The van der Waals surface area contributed by atoms with Crippen LogP contribution in [0.5, 0.6) is 5.75 Å². The van der Waals surface area contributed by atoms with Crippen LogP contribution in [0.3, 0.4) is 0 Å². The lowest BCUT2D eigenvalue weighted by Gasteiger charge is -2.20. The zero-order valence-corrected chi connectivity index (χ0v) is 12.1. The quantitative estimate of drug-likeness (QED) is 0.807. The van der Waals surface area contributed by atoms with Gasteiger partial charge in [-0.05, 0) is 18.1 Å². The molecule has 0 fully saturated rings. The van der Waals surface area contributed by atoms with Crippen molar-refractivity contribution in [3.8, 4) is 5.75 Å². The number of carbonyl (C=O) groups is 1. The minimum Gasteiger partial charge on any atom is -0.496 e. The van der Waals surface area contributed by atoms with Gasteiger partial charge in [-0.15, -0.1) is 0 Å². The molecule has 0 saturated carbocycles. The van der Waals surface area contributed by atoms with Gasteiger partial charge >= 0.3 is 0 Å². The third-order valence-electron chi connectivity index (χ3n) is 3.49. The van der Waals surface area contributed by atoms with E-state index in [9.17, 15) is 14.3 Å². The molecule has 0 radical (unpaired) electrons. The summed E-state index contributed by atoms with van der Waals surface area (Å²) in [4.78, 5) is 12.0. The van der Waals surface area contributed by atoms with E-state index < -0.39 is 17.8 Å². The highest BCUT2D eigenvalue weighted by molar-refractivity contribution is 5.97. The van der Waals surface area contributed by atoms with E-state index in [2.05, 4.69) is 5.32 Å². The number of hydrogen-bond acceptors (Lipinski definition) is 3. The molecule has 1 unspecified atom stereocenters. The maximum atomic E-state index is 13.7. The number of methoxy groups -OCH3 is 1. The predicted molar refractivity (Wildman–Crippen MR) is 75.4 cm³/mol. The lowest BCUT2D eigenvalue weighted by Crippen LogP contribution is -2.36. The number of carbonyl (C=O) groups excluding carboxylic acids is 1. The summed E-state index contributed by atoms with van der Waals surface area (Å²) in [6.45, 7) is 4.07. The predicted octanol–water partition coefficient (Wildman–Crippen LogP) is 2.36. The van der Waals surface area contributed by atoms with E-state index in [0.29, 0.717) is 0 Å². The number of benzene rings is 1. The normalized spacial score (nSPS) is 12.3. The minimum atomic E-state index is -0.640.